The minimum Gasteiger partial charge on any atom is -0.475 e. The zero-order valence-corrected chi connectivity index (χ0v) is 17.6. The first-order valence-electron chi connectivity index (χ1n) is 10.4. The third kappa shape index (κ3) is 4.06. The molecule has 0 unspecified atom stereocenters. The van der Waals surface area contributed by atoms with Crippen molar-refractivity contribution >= 4 is 11.5 Å². The third-order valence-corrected chi connectivity index (χ3v) is 5.74. The van der Waals surface area contributed by atoms with E-state index in [1.807, 2.05) is 6.08 Å². The molecule has 0 amide bonds. The Labute approximate surface area is 174 Å². The average molecular weight is 387 g/mol. The van der Waals surface area contributed by atoms with E-state index in [2.05, 4.69) is 93.0 Å². The van der Waals surface area contributed by atoms with Crippen LogP contribution in [0.3, 0.4) is 0 Å². The molecule has 1 heterocycles. The molecule has 2 atom stereocenters. The Bertz CT molecular complexity index is 942. The van der Waals surface area contributed by atoms with Crippen LogP contribution in [0, 0.1) is 5.92 Å². The standard InChI is InChI=1S/C26H30N2O/c1-5-11-20-16-23(25-27-26(2,3)18-29-25)21-14-9-10-15-22(21)24(20)28(4)17-19-12-7-6-8-13-19/h5-10,12-16,20,24H,1,11,17-18H2,2-4H3/t20-,24+/m0/s1. The maximum Gasteiger partial charge on any atom is 0.217 e. The van der Waals surface area contributed by atoms with Gasteiger partial charge in [-0.3, -0.25) is 4.90 Å². The van der Waals surface area contributed by atoms with Gasteiger partial charge in [-0.15, -0.1) is 6.58 Å². The van der Waals surface area contributed by atoms with E-state index in [9.17, 15) is 0 Å². The molecule has 0 N–H and O–H groups in total. The molecule has 3 heteroatoms. The van der Waals surface area contributed by atoms with Gasteiger partial charge >= 0.3 is 0 Å². The second kappa shape index (κ2) is 8.00. The fraction of sp³-hybridized carbons (Fsp3) is 0.346. The van der Waals surface area contributed by atoms with Crippen molar-refractivity contribution in [1.82, 2.24) is 4.90 Å². The molecule has 3 nitrogen and oxygen atoms in total. The van der Waals surface area contributed by atoms with Crippen LogP contribution in [0.2, 0.25) is 0 Å². The number of benzene rings is 2. The lowest BCUT2D eigenvalue weighted by Crippen LogP contribution is -2.33. The monoisotopic (exact) mass is 386 g/mol. The first-order chi connectivity index (χ1) is 14.0. The van der Waals surface area contributed by atoms with Gasteiger partial charge in [-0.1, -0.05) is 66.7 Å². The smallest absolute Gasteiger partial charge is 0.217 e. The van der Waals surface area contributed by atoms with Crippen LogP contribution in [0.15, 0.2) is 78.3 Å². The number of rotatable bonds is 6. The van der Waals surface area contributed by atoms with Crippen molar-refractivity contribution in [2.24, 2.45) is 10.9 Å². The summed E-state index contributed by atoms with van der Waals surface area (Å²) in [6.45, 7) is 9.80. The molecule has 0 saturated heterocycles. The Balaban J connectivity index is 1.74. The molecule has 2 aromatic carbocycles. The lowest BCUT2D eigenvalue weighted by Gasteiger charge is -2.38. The summed E-state index contributed by atoms with van der Waals surface area (Å²) in [6.07, 6.45) is 5.30. The van der Waals surface area contributed by atoms with E-state index >= 15 is 0 Å². The van der Waals surface area contributed by atoms with Crippen molar-refractivity contribution in [1.29, 1.82) is 0 Å². The topological polar surface area (TPSA) is 24.8 Å². The van der Waals surface area contributed by atoms with Crippen LogP contribution < -0.4 is 0 Å². The van der Waals surface area contributed by atoms with E-state index in [1.165, 1.54) is 16.7 Å². The van der Waals surface area contributed by atoms with Crippen LogP contribution in [0.1, 0.15) is 43.0 Å². The van der Waals surface area contributed by atoms with Crippen LogP contribution in [-0.4, -0.2) is 30.0 Å². The highest BCUT2D eigenvalue weighted by molar-refractivity contribution is 6.21. The Morgan fingerprint density at radius 3 is 2.55 bits per heavy atom. The number of aliphatic imine (C=N–C) groups is 1. The van der Waals surface area contributed by atoms with Gasteiger partial charge < -0.3 is 4.74 Å². The number of hydrogen-bond acceptors (Lipinski definition) is 3. The lowest BCUT2D eigenvalue weighted by atomic mass is 9.78. The van der Waals surface area contributed by atoms with Gasteiger partial charge in [-0.2, -0.15) is 0 Å². The van der Waals surface area contributed by atoms with Crippen molar-refractivity contribution in [3.05, 3.63) is 90.0 Å². The molecule has 4 rings (SSSR count). The summed E-state index contributed by atoms with van der Waals surface area (Å²) >= 11 is 0. The second-order valence-electron chi connectivity index (χ2n) is 8.72. The highest BCUT2D eigenvalue weighted by Gasteiger charge is 2.36. The van der Waals surface area contributed by atoms with Crippen LogP contribution in [-0.2, 0) is 11.3 Å². The Morgan fingerprint density at radius 1 is 1.14 bits per heavy atom. The summed E-state index contributed by atoms with van der Waals surface area (Å²) in [5.74, 6) is 1.10. The van der Waals surface area contributed by atoms with Crippen molar-refractivity contribution < 1.29 is 4.74 Å². The van der Waals surface area contributed by atoms with E-state index in [-0.39, 0.29) is 11.6 Å². The molecule has 2 aliphatic rings. The normalized spacial score (nSPS) is 22.5. The minimum absolute atomic E-state index is 0.167. The molecule has 150 valence electrons. The molecular weight excluding hydrogens is 356 g/mol. The Morgan fingerprint density at radius 2 is 1.86 bits per heavy atom. The van der Waals surface area contributed by atoms with Crippen LogP contribution >= 0.6 is 0 Å². The fourth-order valence-electron chi connectivity index (χ4n) is 4.46. The van der Waals surface area contributed by atoms with Crippen LogP contribution in [0.4, 0.5) is 0 Å². The summed E-state index contributed by atoms with van der Waals surface area (Å²) in [5.41, 5.74) is 4.85. The van der Waals surface area contributed by atoms with Gasteiger partial charge in [0.15, 0.2) is 0 Å². The summed E-state index contributed by atoms with van der Waals surface area (Å²) in [6, 6.07) is 19.6. The van der Waals surface area contributed by atoms with Gasteiger partial charge in [0.25, 0.3) is 0 Å². The second-order valence-corrected chi connectivity index (χ2v) is 8.72. The summed E-state index contributed by atoms with van der Waals surface area (Å²) in [7, 11) is 2.22. The quantitative estimate of drug-likeness (QED) is 0.599. The van der Waals surface area contributed by atoms with E-state index < -0.39 is 0 Å². The number of allylic oxidation sites excluding steroid dienone is 1. The van der Waals surface area contributed by atoms with Crippen molar-refractivity contribution in [2.75, 3.05) is 13.7 Å². The lowest BCUT2D eigenvalue weighted by molar-refractivity contribution is 0.189. The molecule has 1 aliphatic heterocycles. The first kappa shape index (κ1) is 19.7. The molecule has 1 aliphatic carbocycles. The maximum atomic E-state index is 6.02. The van der Waals surface area contributed by atoms with Gasteiger partial charge in [-0.05, 0) is 44.0 Å². The maximum absolute atomic E-state index is 6.02. The van der Waals surface area contributed by atoms with Crippen LogP contribution in [0.25, 0.3) is 5.57 Å². The SMILES string of the molecule is C=CC[C@H]1C=C(C2=NC(C)(C)CO2)c2ccccc2[C@@H]1N(C)Cc1ccccc1. The number of ether oxygens (including phenoxy) is 1. The van der Waals surface area contributed by atoms with E-state index in [0.717, 1.165) is 24.4 Å². The molecule has 0 bridgehead atoms. The van der Waals surface area contributed by atoms with Gasteiger partial charge in [0, 0.05) is 24.1 Å². The summed E-state index contributed by atoms with van der Waals surface area (Å²) in [5, 5.41) is 0. The van der Waals surface area contributed by atoms with Gasteiger partial charge in [0.1, 0.15) is 6.61 Å². The Kier molecular flexibility index (Phi) is 5.42. The highest BCUT2D eigenvalue weighted by Crippen LogP contribution is 2.43. The molecule has 2 aromatic rings. The largest absolute Gasteiger partial charge is 0.475 e. The zero-order valence-electron chi connectivity index (χ0n) is 17.6. The average Bonchev–Trinajstić information content (AvgIpc) is 3.07. The third-order valence-electron chi connectivity index (χ3n) is 5.74. The van der Waals surface area contributed by atoms with Crippen molar-refractivity contribution in [3.63, 3.8) is 0 Å². The molecule has 0 spiro atoms. The molecule has 0 fully saturated rings. The molecule has 0 saturated carbocycles. The predicted molar refractivity (Wildman–Crippen MR) is 121 cm³/mol. The molecule has 29 heavy (non-hydrogen) atoms. The highest BCUT2D eigenvalue weighted by atomic mass is 16.5. The van der Waals surface area contributed by atoms with Gasteiger partial charge in [0.05, 0.1) is 5.54 Å². The van der Waals surface area contributed by atoms with E-state index in [0.29, 0.717) is 12.5 Å². The van der Waals surface area contributed by atoms with Crippen molar-refractivity contribution in [3.8, 4) is 0 Å². The zero-order chi connectivity index (χ0) is 20.4. The van der Waals surface area contributed by atoms with Crippen LogP contribution in [0.5, 0.6) is 0 Å². The fourth-order valence-corrected chi connectivity index (χ4v) is 4.46. The molecule has 0 radical (unpaired) electrons. The number of fused-ring (bicyclic) bond motifs is 1. The molecule has 0 aromatic heterocycles. The number of nitrogens with zero attached hydrogens (tertiary/aromatic N) is 2. The van der Waals surface area contributed by atoms with Gasteiger partial charge in [-0.25, -0.2) is 4.99 Å². The molecular formula is C26H30N2O. The van der Waals surface area contributed by atoms with E-state index in [1.54, 1.807) is 0 Å². The van der Waals surface area contributed by atoms with Crippen molar-refractivity contribution in [2.45, 2.75) is 38.4 Å². The number of hydrogen-bond donors (Lipinski definition) is 0. The minimum atomic E-state index is -0.167. The summed E-state index contributed by atoms with van der Waals surface area (Å²) in [4.78, 5) is 7.32. The summed E-state index contributed by atoms with van der Waals surface area (Å²) < 4.78 is 6.02. The predicted octanol–water partition coefficient (Wildman–Crippen LogP) is 5.66. The Hall–Kier alpha value is -2.65. The first-order valence-corrected chi connectivity index (χ1v) is 10.4. The van der Waals surface area contributed by atoms with E-state index in [4.69, 9.17) is 9.73 Å². The van der Waals surface area contributed by atoms with Gasteiger partial charge in [0.2, 0.25) is 5.90 Å².